The van der Waals surface area contributed by atoms with Crippen LogP contribution >= 0.6 is 0 Å². The molecule has 0 aliphatic carbocycles. The molecule has 0 radical (unpaired) electrons. The van der Waals surface area contributed by atoms with E-state index in [2.05, 4.69) is 4.74 Å². The van der Waals surface area contributed by atoms with Crippen molar-refractivity contribution in [3.05, 3.63) is 0 Å². The summed E-state index contributed by atoms with van der Waals surface area (Å²) in [6, 6.07) is 0. The monoisotopic (exact) mass is 245 g/mol. The maximum Gasteiger partial charge on any atom is 0.307 e. The Hall–Kier alpha value is -1.10. The van der Waals surface area contributed by atoms with Crippen molar-refractivity contribution in [2.45, 2.75) is 27.2 Å². The molecule has 0 saturated heterocycles. The molecule has 17 heavy (non-hydrogen) atoms. The number of rotatable bonds is 6. The highest BCUT2D eigenvalue weighted by Gasteiger charge is 2.27. The summed E-state index contributed by atoms with van der Waals surface area (Å²) in [6.45, 7) is 6.88. The fourth-order valence-electron chi connectivity index (χ4n) is 1.32. The molecular weight excluding hydrogens is 222 g/mol. The van der Waals surface area contributed by atoms with Crippen molar-refractivity contribution in [1.82, 2.24) is 4.90 Å². The molecule has 0 aromatic carbocycles. The average molecular weight is 245 g/mol. The molecule has 0 aromatic heterocycles. The van der Waals surface area contributed by atoms with Crippen LogP contribution in [0.25, 0.3) is 0 Å². The number of hydrogen-bond donors (Lipinski definition) is 0. The highest BCUT2D eigenvalue weighted by molar-refractivity contribution is 5.82. The first-order valence-electron chi connectivity index (χ1n) is 5.68. The lowest BCUT2D eigenvalue weighted by atomic mass is 9.94. The third kappa shape index (κ3) is 6.26. The first-order chi connectivity index (χ1) is 7.82. The van der Waals surface area contributed by atoms with Gasteiger partial charge < -0.3 is 14.4 Å². The third-order valence-electron chi connectivity index (χ3n) is 2.31. The van der Waals surface area contributed by atoms with Gasteiger partial charge in [0.15, 0.2) is 0 Å². The second kappa shape index (κ2) is 7.27. The van der Waals surface area contributed by atoms with Crippen LogP contribution in [-0.2, 0) is 19.1 Å². The van der Waals surface area contributed by atoms with Gasteiger partial charge in [-0.15, -0.1) is 0 Å². The topological polar surface area (TPSA) is 55.8 Å². The van der Waals surface area contributed by atoms with E-state index < -0.39 is 5.41 Å². The summed E-state index contributed by atoms with van der Waals surface area (Å²) in [6.07, 6.45) is 0.210. The summed E-state index contributed by atoms with van der Waals surface area (Å²) >= 11 is 0. The van der Waals surface area contributed by atoms with Crippen LogP contribution in [0.5, 0.6) is 0 Å². The molecule has 1 amide bonds. The maximum atomic E-state index is 12.1. The summed E-state index contributed by atoms with van der Waals surface area (Å²) in [5.74, 6) is -0.299. The molecule has 0 spiro atoms. The molecule has 0 unspecified atom stereocenters. The number of hydrogen-bond acceptors (Lipinski definition) is 4. The van der Waals surface area contributed by atoms with Crippen molar-refractivity contribution in [2.24, 2.45) is 5.41 Å². The maximum absolute atomic E-state index is 12.1. The lowest BCUT2D eigenvalue weighted by Crippen LogP contribution is -2.42. The number of methoxy groups -OCH3 is 2. The van der Waals surface area contributed by atoms with Gasteiger partial charge in [0.05, 0.1) is 20.1 Å². The first-order valence-corrected chi connectivity index (χ1v) is 5.68. The molecule has 0 aromatic rings. The quantitative estimate of drug-likeness (QED) is 0.657. The van der Waals surface area contributed by atoms with E-state index in [1.165, 1.54) is 7.11 Å². The number of nitrogens with zero attached hydrogens (tertiary/aromatic N) is 1. The Bertz CT molecular complexity index is 258. The van der Waals surface area contributed by atoms with E-state index >= 15 is 0 Å². The van der Waals surface area contributed by atoms with Gasteiger partial charge >= 0.3 is 5.97 Å². The van der Waals surface area contributed by atoms with Gasteiger partial charge in [0.1, 0.15) is 0 Å². The predicted molar refractivity (Wildman–Crippen MR) is 64.5 cm³/mol. The van der Waals surface area contributed by atoms with Gasteiger partial charge in [0, 0.05) is 25.6 Å². The van der Waals surface area contributed by atoms with E-state index in [1.807, 2.05) is 20.8 Å². The van der Waals surface area contributed by atoms with E-state index in [4.69, 9.17) is 4.74 Å². The minimum absolute atomic E-state index is 0.0125. The van der Waals surface area contributed by atoms with E-state index in [-0.39, 0.29) is 18.3 Å². The summed E-state index contributed by atoms with van der Waals surface area (Å²) in [7, 11) is 2.92. The smallest absolute Gasteiger partial charge is 0.307 e. The Morgan fingerprint density at radius 1 is 1.12 bits per heavy atom. The van der Waals surface area contributed by atoms with Crippen LogP contribution in [0.15, 0.2) is 0 Å². The van der Waals surface area contributed by atoms with Gasteiger partial charge in [-0.1, -0.05) is 20.8 Å². The number of carbonyl (C=O) groups is 2. The van der Waals surface area contributed by atoms with Gasteiger partial charge in [0.2, 0.25) is 5.91 Å². The molecule has 0 heterocycles. The minimum Gasteiger partial charge on any atom is -0.469 e. The van der Waals surface area contributed by atoms with Gasteiger partial charge in [-0.3, -0.25) is 9.59 Å². The molecule has 0 fully saturated rings. The molecule has 0 N–H and O–H groups in total. The zero-order valence-corrected chi connectivity index (χ0v) is 11.4. The second-order valence-corrected chi connectivity index (χ2v) is 4.86. The highest BCUT2D eigenvalue weighted by atomic mass is 16.5. The van der Waals surface area contributed by atoms with E-state index in [0.29, 0.717) is 19.7 Å². The Labute approximate surface area is 103 Å². The average Bonchev–Trinajstić information content (AvgIpc) is 2.26. The summed E-state index contributed by atoms with van der Waals surface area (Å²) in [5, 5.41) is 0. The van der Waals surface area contributed by atoms with Crippen LogP contribution in [0.3, 0.4) is 0 Å². The van der Waals surface area contributed by atoms with Gasteiger partial charge in [-0.25, -0.2) is 0 Å². The molecular formula is C12H23NO4. The fourth-order valence-corrected chi connectivity index (χ4v) is 1.32. The molecule has 5 heteroatoms. The zero-order chi connectivity index (χ0) is 13.5. The van der Waals surface area contributed by atoms with E-state index in [0.717, 1.165) is 0 Å². The van der Waals surface area contributed by atoms with Crippen molar-refractivity contribution in [3.63, 3.8) is 0 Å². The van der Waals surface area contributed by atoms with Crippen molar-refractivity contribution in [2.75, 3.05) is 33.9 Å². The molecule has 0 aliphatic rings. The van der Waals surface area contributed by atoms with Crippen molar-refractivity contribution >= 4 is 11.9 Å². The third-order valence-corrected chi connectivity index (χ3v) is 2.31. The van der Waals surface area contributed by atoms with Gasteiger partial charge in [-0.05, 0) is 0 Å². The van der Waals surface area contributed by atoms with Gasteiger partial charge in [-0.2, -0.15) is 0 Å². The minimum atomic E-state index is -0.455. The molecule has 100 valence electrons. The molecule has 0 atom stereocenters. The molecule has 0 saturated carbocycles. The highest BCUT2D eigenvalue weighted by Crippen LogP contribution is 2.17. The van der Waals surface area contributed by atoms with Crippen molar-refractivity contribution in [1.29, 1.82) is 0 Å². The number of esters is 1. The summed E-state index contributed by atoms with van der Waals surface area (Å²) in [4.78, 5) is 24.8. The summed E-state index contributed by atoms with van der Waals surface area (Å²) < 4.78 is 9.52. The molecule has 0 rings (SSSR count). The van der Waals surface area contributed by atoms with Crippen LogP contribution in [0, 0.1) is 5.41 Å². The normalized spacial score (nSPS) is 11.1. The van der Waals surface area contributed by atoms with Crippen molar-refractivity contribution < 1.29 is 19.1 Å². The predicted octanol–water partition coefficient (Wildman–Crippen LogP) is 1.07. The first kappa shape index (κ1) is 15.9. The van der Waals surface area contributed by atoms with Crippen LogP contribution in [0.2, 0.25) is 0 Å². The van der Waals surface area contributed by atoms with E-state index in [9.17, 15) is 9.59 Å². The number of carbonyl (C=O) groups excluding carboxylic acids is 2. The second-order valence-electron chi connectivity index (χ2n) is 4.86. The SMILES string of the molecule is COCCN(CCC(=O)OC)C(=O)C(C)(C)C. The van der Waals surface area contributed by atoms with Gasteiger partial charge in [0.25, 0.3) is 0 Å². The van der Waals surface area contributed by atoms with Crippen LogP contribution in [0.1, 0.15) is 27.2 Å². The van der Waals surface area contributed by atoms with Crippen LogP contribution in [-0.4, -0.2) is 50.7 Å². The zero-order valence-electron chi connectivity index (χ0n) is 11.4. The van der Waals surface area contributed by atoms with Crippen molar-refractivity contribution in [3.8, 4) is 0 Å². The molecule has 5 nitrogen and oxygen atoms in total. The Balaban J connectivity index is 4.42. The largest absolute Gasteiger partial charge is 0.469 e. The Kier molecular flexibility index (Phi) is 6.80. The molecule has 0 aliphatic heterocycles. The summed E-state index contributed by atoms with van der Waals surface area (Å²) in [5.41, 5.74) is -0.455. The van der Waals surface area contributed by atoms with E-state index in [1.54, 1.807) is 12.0 Å². The standard InChI is InChI=1S/C12H23NO4/c1-12(2,3)11(15)13(8-9-16-4)7-6-10(14)17-5/h6-9H2,1-5H3. The van der Waals surface area contributed by atoms with Crippen LogP contribution in [0.4, 0.5) is 0 Å². The fraction of sp³-hybridized carbons (Fsp3) is 0.833. The Morgan fingerprint density at radius 2 is 1.71 bits per heavy atom. The van der Waals surface area contributed by atoms with Crippen LogP contribution < -0.4 is 0 Å². The molecule has 0 bridgehead atoms. The lowest BCUT2D eigenvalue weighted by molar-refractivity contribution is -0.144. The number of amides is 1. The number of ether oxygens (including phenoxy) is 2. The lowest BCUT2D eigenvalue weighted by Gasteiger charge is -2.29. The Morgan fingerprint density at radius 3 is 2.12 bits per heavy atom.